The summed E-state index contributed by atoms with van der Waals surface area (Å²) in [6.45, 7) is 6.10. The van der Waals surface area contributed by atoms with Gasteiger partial charge in [-0.15, -0.1) is 0 Å². The standard InChI is InChI=1S/C11H18FN3O3S/c1-9(2)11-10(8-18-13-11)7-14-3-5-15(6-4-14)19(12,16)17/h8-9H,3-7H2,1-2H3. The number of aromatic nitrogens is 1. The number of hydrogen-bond acceptors (Lipinski definition) is 5. The van der Waals surface area contributed by atoms with Crippen LogP contribution in [0.4, 0.5) is 3.89 Å². The zero-order valence-electron chi connectivity index (χ0n) is 11.0. The molecule has 19 heavy (non-hydrogen) atoms. The lowest BCUT2D eigenvalue weighted by atomic mass is 10.1. The third kappa shape index (κ3) is 3.52. The van der Waals surface area contributed by atoms with Gasteiger partial charge in [-0.3, -0.25) is 4.90 Å². The Hall–Kier alpha value is -0.990. The van der Waals surface area contributed by atoms with Crippen LogP contribution in [-0.4, -0.2) is 49.0 Å². The summed E-state index contributed by atoms with van der Waals surface area (Å²) in [5, 5.41) is 3.97. The van der Waals surface area contributed by atoms with Crippen LogP contribution in [0.5, 0.6) is 0 Å². The summed E-state index contributed by atoms with van der Waals surface area (Å²) in [7, 11) is -4.56. The molecule has 2 rings (SSSR count). The molecule has 0 radical (unpaired) electrons. The van der Waals surface area contributed by atoms with Gasteiger partial charge in [-0.2, -0.15) is 12.7 Å². The SMILES string of the molecule is CC(C)c1nocc1CN1CCN(S(=O)(=O)F)CC1. The summed E-state index contributed by atoms with van der Waals surface area (Å²) in [5.41, 5.74) is 1.92. The van der Waals surface area contributed by atoms with E-state index in [9.17, 15) is 12.3 Å². The van der Waals surface area contributed by atoms with E-state index in [0.717, 1.165) is 15.6 Å². The smallest absolute Gasteiger partial charge is 0.364 e. The molecule has 0 unspecified atom stereocenters. The predicted octanol–water partition coefficient (Wildman–Crippen LogP) is 1.13. The minimum Gasteiger partial charge on any atom is -0.364 e. The van der Waals surface area contributed by atoms with E-state index < -0.39 is 10.4 Å². The van der Waals surface area contributed by atoms with Crippen LogP contribution in [0.3, 0.4) is 0 Å². The first kappa shape index (κ1) is 14.4. The summed E-state index contributed by atoms with van der Waals surface area (Å²) in [5.74, 6) is 0.279. The number of piperazine rings is 1. The third-order valence-electron chi connectivity index (χ3n) is 3.26. The Morgan fingerprint density at radius 3 is 2.53 bits per heavy atom. The molecule has 0 amide bonds. The Bertz CT molecular complexity index is 521. The van der Waals surface area contributed by atoms with Crippen molar-refractivity contribution in [2.24, 2.45) is 0 Å². The maximum Gasteiger partial charge on any atom is 0.374 e. The molecule has 0 aliphatic carbocycles. The van der Waals surface area contributed by atoms with Gasteiger partial charge >= 0.3 is 10.4 Å². The van der Waals surface area contributed by atoms with E-state index in [1.54, 1.807) is 6.26 Å². The fourth-order valence-electron chi connectivity index (χ4n) is 2.21. The van der Waals surface area contributed by atoms with Gasteiger partial charge in [-0.25, -0.2) is 0 Å². The molecule has 6 nitrogen and oxygen atoms in total. The lowest BCUT2D eigenvalue weighted by Gasteiger charge is -2.31. The summed E-state index contributed by atoms with van der Waals surface area (Å²) >= 11 is 0. The van der Waals surface area contributed by atoms with Crippen LogP contribution >= 0.6 is 0 Å². The van der Waals surface area contributed by atoms with Crippen LogP contribution in [0, 0.1) is 0 Å². The molecule has 1 saturated heterocycles. The molecule has 1 aromatic rings. The van der Waals surface area contributed by atoms with Crippen LogP contribution in [0.25, 0.3) is 0 Å². The summed E-state index contributed by atoms with van der Waals surface area (Å²) in [6.07, 6.45) is 1.62. The summed E-state index contributed by atoms with van der Waals surface area (Å²) in [6, 6.07) is 0. The van der Waals surface area contributed by atoms with Gasteiger partial charge in [0.2, 0.25) is 0 Å². The van der Waals surface area contributed by atoms with Crippen molar-refractivity contribution < 1.29 is 16.8 Å². The normalized spacial score (nSPS) is 19.2. The molecular formula is C11H18FN3O3S. The van der Waals surface area contributed by atoms with E-state index in [1.807, 2.05) is 13.8 Å². The topological polar surface area (TPSA) is 66.7 Å². The zero-order valence-corrected chi connectivity index (χ0v) is 11.9. The maximum atomic E-state index is 12.8. The summed E-state index contributed by atoms with van der Waals surface area (Å²) in [4.78, 5) is 2.07. The number of rotatable bonds is 4. The number of hydrogen-bond donors (Lipinski definition) is 0. The number of halogens is 1. The lowest BCUT2D eigenvalue weighted by molar-refractivity contribution is 0.177. The molecule has 1 fully saturated rings. The van der Waals surface area contributed by atoms with E-state index in [2.05, 4.69) is 10.1 Å². The van der Waals surface area contributed by atoms with Crippen molar-refractivity contribution in [2.75, 3.05) is 26.2 Å². The zero-order chi connectivity index (χ0) is 14.0. The third-order valence-corrected chi connectivity index (χ3v) is 4.24. The molecule has 0 N–H and O–H groups in total. The first-order valence-electron chi connectivity index (χ1n) is 6.23. The highest BCUT2D eigenvalue weighted by atomic mass is 32.3. The van der Waals surface area contributed by atoms with Crippen molar-refractivity contribution in [2.45, 2.75) is 26.3 Å². The number of nitrogens with zero attached hydrogens (tertiary/aromatic N) is 3. The maximum absolute atomic E-state index is 12.8. The Balaban J connectivity index is 1.94. The predicted molar refractivity (Wildman–Crippen MR) is 67.5 cm³/mol. The van der Waals surface area contributed by atoms with Gasteiger partial charge in [0.05, 0.1) is 5.69 Å². The fraction of sp³-hybridized carbons (Fsp3) is 0.727. The molecule has 0 bridgehead atoms. The minimum absolute atomic E-state index is 0.182. The van der Waals surface area contributed by atoms with E-state index >= 15 is 0 Å². The first-order chi connectivity index (χ1) is 8.88. The molecule has 1 aliphatic heterocycles. The first-order valence-corrected chi connectivity index (χ1v) is 7.57. The molecule has 108 valence electrons. The molecule has 2 heterocycles. The van der Waals surface area contributed by atoms with Crippen molar-refractivity contribution in [1.82, 2.24) is 14.4 Å². The van der Waals surface area contributed by atoms with Crippen LogP contribution in [0.15, 0.2) is 10.8 Å². The van der Waals surface area contributed by atoms with Crippen LogP contribution < -0.4 is 0 Å². The highest BCUT2D eigenvalue weighted by Gasteiger charge is 2.27. The molecule has 0 atom stereocenters. The van der Waals surface area contributed by atoms with Gasteiger partial charge in [0.1, 0.15) is 6.26 Å². The van der Waals surface area contributed by atoms with Crippen molar-refractivity contribution in [1.29, 1.82) is 0 Å². The minimum atomic E-state index is -4.56. The molecule has 1 aliphatic rings. The molecular weight excluding hydrogens is 273 g/mol. The van der Waals surface area contributed by atoms with E-state index in [4.69, 9.17) is 4.52 Å². The molecule has 0 saturated carbocycles. The second-order valence-corrected chi connectivity index (χ2v) is 6.34. The van der Waals surface area contributed by atoms with Gasteiger partial charge in [-0.1, -0.05) is 22.9 Å². The Kier molecular flexibility index (Phi) is 4.22. The van der Waals surface area contributed by atoms with Crippen molar-refractivity contribution in [3.05, 3.63) is 17.5 Å². The van der Waals surface area contributed by atoms with E-state index in [0.29, 0.717) is 19.6 Å². The van der Waals surface area contributed by atoms with Crippen LogP contribution in [0.2, 0.25) is 0 Å². The monoisotopic (exact) mass is 291 g/mol. The fourth-order valence-corrected chi connectivity index (χ4v) is 2.81. The highest BCUT2D eigenvalue weighted by Crippen LogP contribution is 2.20. The Labute approximate surface area is 112 Å². The van der Waals surface area contributed by atoms with Gasteiger partial charge in [0.15, 0.2) is 0 Å². The van der Waals surface area contributed by atoms with Crippen molar-refractivity contribution in [3.8, 4) is 0 Å². The Morgan fingerprint density at radius 1 is 1.37 bits per heavy atom. The van der Waals surface area contributed by atoms with Gasteiger partial charge in [0.25, 0.3) is 0 Å². The molecule has 8 heteroatoms. The largest absolute Gasteiger partial charge is 0.374 e. The van der Waals surface area contributed by atoms with Crippen LogP contribution in [0.1, 0.15) is 31.0 Å². The lowest BCUT2D eigenvalue weighted by Crippen LogP contribution is -2.47. The second-order valence-electron chi connectivity index (χ2n) is 5.00. The van der Waals surface area contributed by atoms with Crippen molar-refractivity contribution >= 4 is 10.4 Å². The average molecular weight is 291 g/mol. The molecule has 0 spiro atoms. The van der Waals surface area contributed by atoms with Gasteiger partial charge in [0, 0.05) is 38.3 Å². The van der Waals surface area contributed by atoms with Gasteiger partial charge in [-0.05, 0) is 5.92 Å². The average Bonchev–Trinajstić information content (AvgIpc) is 2.77. The summed E-state index contributed by atoms with van der Waals surface area (Å²) < 4.78 is 40.2. The second kappa shape index (κ2) is 5.56. The van der Waals surface area contributed by atoms with Gasteiger partial charge < -0.3 is 4.52 Å². The quantitative estimate of drug-likeness (QED) is 0.778. The Morgan fingerprint density at radius 2 is 2.00 bits per heavy atom. The van der Waals surface area contributed by atoms with E-state index in [-0.39, 0.29) is 19.0 Å². The molecule has 0 aromatic carbocycles. The highest BCUT2D eigenvalue weighted by molar-refractivity contribution is 7.83. The van der Waals surface area contributed by atoms with E-state index in [1.165, 1.54) is 0 Å². The molecule has 1 aromatic heterocycles. The van der Waals surface area contributed by atoms with Crippen LogP contribution in [-0.2, 0) is 17.0 Å². The van der Waals surface area contributed by atoms with Crippen molar-refractivity contribution in [3.63, 3.8) is 0 Å².